The number of hydrogen-bond donors (Lipinski definition) is 3. The van der Waals surface area contributed by atoms with Crippen LogP contribution in [0.1, 0.15) is 0 Å². The van der Waals surface area contributed by atoms with Crippen molar-refractivity contribution >= 4 is 17.8 Å². The van der Waals surface area contributed by atoms with E-state index in [4.69, 9.17) is 15.9 Å². The zero-order valence-electron chi connectivity index (χ0n) is 6.78. The Morgan fingerprint density at radius 2 is 1.85 bits per heavy atom. The third kappa shape index (κ3) is 6.28. The summed E-state index contributed by atoms with van der Waals surface area (Å²) in [6.45, 7) is 0. The van der Waals surface area contributed by atoms with Gasteiger partial charge in [-0.15, -0.1) is 0 Å². The minimum atomic E-state index is -0.536. The fraction of sp³-hybridized carbons (Fsp3) is 0. The number of isocyanates is 1. The molecule has 0 saturated carbocycles. The average molecular weight is 179 g/mol. The Morgan fingerprint density at radius 3 is 2.23 bits per heavy atom. The third-order valence-corrected chi connectivity index (χ3v) is 1.04. The minimum absolute atomic E-state index is 0.536. The molecule has 4 N–H and O–H groups in total. The Bertz CT molecular complexity index is 292. The molecule has 0 heterocycles. The Hall–Kier alpha value is -2.13. The summed E-state index contributed by atoms with van der Waals surface area (Å²) in [7, 11) is 0. The van der Waals surface area contributed by atoms with E-state index in [-0.39, 0.29) is 0 Å². The number of rotatable bonds is 1. The first-order valence-electron chi connectivity index (χ1n) is 3.36. The van der Waals surface area contributed by atoms with E-state index < -0.39 is 6.03 Å². The topological polar surface area (TPSA) is 96.0 Å². The highest BCUT2D eigenvalue weighted by atomic mass is 16.2. The lowest BCUT2D eigenvalue weighted by atomic mass is 10.3. The van der Waals surface area contributed by atoms with Crippen molar-refractivity contribution < 1.29 is 9.59 Å². The van der Waals surface area contributed by atoms with Crippen molar-refractivity contribution in [1.29, 1.82) is 5.41 Å². The maximum absolute atomic E-state index is 10.3. The number of amides is 2. The van der Waals surface area contributed by atoms with Gasteiger partial charge in [0, 0.05) is 5.69 Å². The summed E-state index contributed by atoms with van der Waals surface area (Å²) in [5, 5.41) is 7.85. The van der Waals surface area contributed by atoms with Crippen molar-refractivity contribution in [3.63, 3.8) is 0 Å². The lowest BCUT2D eigenvalue weighted by Gasteiger charge is -1.97. The molecule has 1 rings (SSSR count). The van der Waals surface area contributed by atoms with Crippen LogP contribution in [-0.4, -0.2) is 12.1 Å². The molecule has 0 aliphatic heterocycles. The molecule has 0 saturated heterocycles. The van der Waals surface area contributed by atoms with Gasteiger partial charge in [-0.25, -0.2) is 15.0 Å². The average Bonchev–Trinajstić information content (AvgIpc) is 2.06. The molecular weight excluding hydrogens is 170 g/mol. The smallest absolute Gasteiger partial charge is 0.316 e. The maximum Gasteiger partial charge on any atom is 0.316 e. The number of nitrogens with one attached hydrogen (secondary N) is 2. The number of carbonyl (C=O) groups excluding carboxylic acids is 2. The summed E-state index contributed by atoms with van der Waals surface area (Å²) in [6, 6.07) is 8.52. The lowest BCUT2D eigenvalue weighted by molar-refractivity contribution is 0.259. The Kier molecular flexibility index (Phi) is 5.50. The van der Waals surface area contributed by atoms with Crippen LogP contribution in [-0.2, 0) is 4.79 Å². The molecule has 0 atom stereocenters. The van der Waals surface area contributed by atoms with Crippen LogP contribution in [0.15, 0.2) is 30.3 Å². The number of primary amides is 1. The number of carbonyl (C=O) groups is 1. The highest BCUT2D eigenvalue weighted by molar-refractivity contribution is 5.87. The summed E-state index contributed by atoms with van der Waals surface area (Å²) in [5.74, 6) is 0. The molecule has 0 radical (unpaired) electrons. The molecule has 0 spiro atoms. The van der Waals surface area contributed by atoms with Gasteiger partial charge >= 0.3 is 6.03 Å². The third-order valence-electron chi connectivity index (χ3n) is 1.04. The monoisotopic (exact) mass is 179 g/mol. The molecule has 68 valence electrons. The predicted molar refractivity (Wildman–Crippen MR) is 48.1 cm³/mol. The molecule has 0 aromatic heterocycles. The normalized spacial score (nSPS) is 7.38. The minimum Gasteiger partial charge on any atom is -0.351 e. The summed E-state index contributed by atoms with van der Waals surface area (Å²) < 4.78 is 0. The van der Waals surface area contributed by atoms with Gasteiger partial charge in [0.05, 0.1) is 0 Å². The molecular formula is C8H9N3O2. The summed E-state index contributed by atoms with van der Waals surface area (Å²) in [6.07, 6.45) is 0.750. The van der Waals surface area contributed by atoms with Crippen LogP contribution in [0.3, 0.4) is 0 Å². The highest BCUT2D eigenvalue weighted by Crippen LogP contribution is 2.03. The van der Waals surface area contributed by atoms with E-state index in [1.807, 2.05) is 18.2 Å². The Morgan fingerprint density at radius 1 is 1.38 bits per heavy atom. The van der Waals surface area contributed by atoms with Gasteiger partial charge in [0.15, 0.2) is 0 Å². The largest absolute Gasteiger partial charge is 0.351 e. The summed E-state index contributed by atoms with van der Waals surface area (Å²) in [4.78, 5) is 18.6. The molecule has 2 amide bonds. The molecule has 0 fully saturated rings. The quantitative estimate of drug-likeness (QED) is 0.444. The van der Waals surface area contributed by atoms with E-state index >= 15 is 0 Å². The second kappa shape index (κ2) is 6.57. The molecule has 1 aromatic carbocycles. The van der Waals surface area contributed by atoms with Crippen LogP contribution >= 0.6 is 0 Å². The highest BCUT2D eigenvalue weighted by Gasteiger charge is 1.90. The first kappa shape index (κ1) is 10.9. The van der Waals surface area contributed by atoms with Gasteiger partial charge in [0.2, 0.25) is 6.08 Å². The van der Waals surface area contributed by atoms with Crippen molar-refractivity contribution in [2.24, 2.45) is 5.73 Å². The summed E-state index contributed by atoms with van der Waals surface area (Å²) in [5.41, 5.74) is 5.59. The van der Waals surface area contributed by atoms with Crippen molar-refractivity contribution in [3.05, 3.63) is 30.3 Å². The van der Waals surface area contributed by atoms with E-state index in [9.17, 15) is 4.79 Å². The van der Waals surface area contributed by atoms with E-state index in [0.29, 0.717) is 0 Å². The first-order valence-corrected chi connectivity index (χ1v) is 3.36. The van der Waals surface area contributed by atoms with Crippen LogP contribution in [0.4, 0.5) is 10.5 Å². The SMILES string of the molecule is N=C=O.NC(=O)Nc1ccccc1. The summed E-state index contributed by atoms with van der Waals surface area (Å²) >= 11 is 0. The van der Waals surface area contributed by atoms with E-state index in [2.05, 4.69) is 5.32 Å². The predicted octanol–water partition coefficient (Wildman–Crippen LogP) is 1.08. The number of benzene rings is 1. The van der Waals surface area contributed by atoms with Crippen LogP contribution in [0.2, 0.25) is 0 Å². The molecule has 5 heteroatoms. The van der Waals surface area contributed by atoms with Gasteiger partial charge in [-0.1, -0.05) is 18.2 Å². The van der Waals surface area contributed by atoms with Crippen molar-refractivity contribution in [2.45, 2.75) is 0 Å². The zero-order chi connectivity index (χ0) is 10.1. The van der Waals surface area contributed by atoms with Crippen LogP contribution in [0, 0.1) is 5.41 Å². The molecule has 1 aromatic rings. The van der Waals surface area contributed by atoms with Crippen LogP contribution in [0.5, 0.6) is 0 Å². The van der Waals surface area contributed by atoms with Gasteiger partial charge in [-0.05, 0) is 12.1 Å². The van der Waals surface area contributed by atoms with Crippen LogP contribution in [0.25, 0.3) is 0 Å². The Balaban J connectivity index is 0.000000424. The van der Waals surface area contributed by atoms with E-state index in [1.54, 1.807) is 12.1 Å². The van der Waals surface area contributed by atoms with Gasteiger partial charge in [0.25, 0.3) is 0 Å². The second-order valence-electron chi connectivity index (χ2n) is 1.96. The number of anilines is 1. The van der Waals surface area contributed by atoms with E-state index in [1.165, 1.54) is 0 Å². The van der Waals surface area contributed by atoms with Crippen molar-refractivity contribution in [2.75, 3.05) is 5.32 Å². The lowest BCUT2D eigenvalue weighted by Crippen LogP contribution is -2.18. The number of urea groups is 1. The van der Waals surface area contributed by atoms with Gasteiger partial charge in [0.1, 0.15) is 0 Å². The molecule has 0 aliphatic rings. The number of nitrogens with two attached hydrogens (primary N) is 1. The van der Waals surface area contributed by atoms with Gasteiger partial charge in [-0.3, -0.25) is 0 Å². The fourth-order valence-corrected chi connectivity index (χ4v) is 0.664. The van der Waals surface area contributed by atoms with Crippen molar-refractivity contribution in [3.8, 4) is 0 Å². The zero-order valence-corrected chi connectivity index (χ0v) is 6.78. The van der Waals surface area contributed by atoms with E-state index in [0.717, 1.165) is 11.8 Å². The number of para-hydroxylation sites is 1. The molecule has 5 nitrogen and oxygen atoms in total. The second-order valence-corrected chi connectivity index (χ2v) is 1.96. The number of hydrogen-bond acceptors (Lipinski definition) is 3. The first-order chi connectivity index (χ1) is 6.20. The fourth-order valence-electron chi connectivity index (χ4n) is 0.664. The molecule has 13 heavy (non-hydrogen) atoms. The maximum atomic E-state index is 10.3. The molecule has 0 unspecified atom stereocenters. The van der Waals surface area contributed by atoms with Gasteiger partial charge < -0.3 is 11.1 Å². The molecule has 0 bridgehead atoms. The van der Waals surface area contributed by atoms with Crippen LogP contribution < -0.4 is 11.1 Å². The molecule has 0 aliphatic carbocycles. The Labute approximate surface area is 75.1 Å². The van der Waals surface area contributed by atoms with Crippen molar-refractivity contribution in [1.82, 2.24) is 0 Å². The van der Waals surface area contributed by atoms with Gasteiger partial charge in [-0.2, -0.15) is 0 Å². The standard InChI is InChI=1S/C7H8N2O.CHNO/c8-7(10)9-6-4-2-1-3-5-6;2-1-3/h1-5H,(H3,8,9,10);2H.